The van der Waals surface area contributed by atoms with E-state index in [9.17, 15) is 0 Å². The Kier molecular flexibility index (Phi) is 4.03. The quantitative estimate of drug-likeness (QED) is 0.232. The van der Waals surface area contributed by atoms with Crippen LogP contribution in [0, 0.1) is 5.53 Å². The van der Waals surface area contributed by atoms with Gasteiger partial charge in [0.2, 0.25) is 0 Å². The van der Waals surface area contributed by atoms with Crippen molar-refractivity contribution in [1.29, 1.82) is 5.53 Å². The predicted molar refractivity (Wildman–Crippen MR) is 23.7 cm³/mol. The Labute approximate surface area is 49.9 Å². The van der Waals surface area contributed by atoms with Gasteiger partial charge in [0.25, 0.3) is 0 Å². The van der Waals surface area contributed by atoms with E-state index in [0.29, 0.717) is 0 Å². The average molecular weight is 137 g/mol. The lowest BCUT2D eigenvalue weighted by Gasteiger charge is -1.97. The van der Waals surface area contributed by atoms with Crippen LogP contribution in [0.1, 0.15) is 0 Å². The van der Waals surface area contributed by atoms with Crippen molar-refractivity contribution in [2.75, 3.05) is 0 Å². The summed E-state index contributed by atoms with van der Waals surface area (Å²) in [7, 11) is 0. The molecular weight excluding hydrogens is 134 g/mol. The van der Waals surface area contributed by atoms with Gasteiger partial charge in [0.1, 0.15) is 0 Å². The van der Waals surface area contributed by atoms with Crippen LogP contribution in [-0.4, -0.2) is 10.5 Å². The lowest BCUT2D eigenvalue weighted by molar-refractivity contribution is -0.278. The summed E-state index contributed by atoms with van der Waals surface area (Å²) < 4.78 is 3.73. The molecule has 0 aliphatic carbocycles. The van der Waals surface area contributed by atoms with Crippen molar-refractivity contribution in [2.24, 2.45) is 15.7 Å². The largest absolute Gasteiger partial charge is 0.245 e. The second kappa shape index (κ2) is 4.43. The van der Waals surface area contributed by atoms with Gasteiger partial charge < -0.3 is 0 Å². The van der Waals surface area contributed by atoms with Crippen LogP contribution in [-0.2, 0) is 4.28 Å². The molecule has 0 radical (unpaired) electrons. The summed E-state index contributed by atoms with van der Waals surface area (Å²) in [6, 6.07) is 0. The van der Waals surface area contributed by atoms with Crippen LogP contribution >= 0.6 is 12.9 Å². The van der Waals surface area contributed by atoms with Gasteiger partial charge in [-0.05, 0) is 15.8 Å². The highest BCUT2D eigenvalue weighted by molar-refractivity contribution is 7.75. The Morgan fingerprint density at radius 2 is 2.38 bits per heavy atom. The van der Waals surface area contributed by atoms with Crippen LogP contribution in [0.4, 0.5) is 0 Å². The summed E-state index contributed by atoms with van der Waals surface area (Å²) in [6.45, 7) is 0. The molecule has 7 nitrogen and oxygen atoms in total. The molecule has 8 heavy (non-hydrogen) atoms. The van der Waals surface area contributed by atoms with Gasteiger partial charge >= 0.3 is 0 Å². The highest BCUT2D eigenvalue weighted by Crippen LogP contribution is 1.88. The van der Waals surface area contributed by atoms with Gasteiger partial charge in [-0.2, -0.15) is 9.81 Å². The Morgan fingerprint density at radius 1 is 1.75 bits per heavy atom. The van der Waals surface area contributed by atoms with Crippen LogP contribution in [0.15, 0.2) is 15.7 Å². The lowest BCUT2D eigenvalue weighted by Crippen LogP contribution is -2.04. The molecule has 46 valence electrons. The van der Waals surface area contributed by atoms with E-state index >= 15 is 0 Å². The molecule has 0 aliphatic heterocycles. The highest BCUT2D eigenvalue weighted by Gasteiger charge is 1.85. The fourth-order valence-electron chi connectivity index (χ4n) is 0.0705. The van der Waals surface area contributed by atoms with Crippen molar-refractivity contribution in [3.05, 3.63) is 0 Å². The molecular formula is H3N5O2S. The van der Waals surface area contributed by atoms with Crippen molar-refractivity contribution in [2.45, 2.75) is 0 Å². The van der Waals surface area contributed by atoms with Gasteiger partial charge in [0.15, 0.2) is 0 Å². The number of rotatable bonds is 3. The SMILES string of the molecule is N=N/N=N/N(O)OS. The van der Waals surface area contributed by atoms with Gasteiger partial charge in [-0.3, -0.25) is 0 Å². The molecule has 8 heteroatoms. The molecule has 0 spiro atoms. The molecule has 0 heterocycles. The molecule has 0 unspecified atom stereocenters. The van der Waals surface area contributed by atoms with Crippen molar-refractivity contribution >= 4 is 12.9 Å². The van der Waals surface area contributed by atoms with Gasteiger partial charge in [0, 0.05) is 18.1 Å². The molecule has 2 N–H and O–H groups in total. The molecule has 0 aromatic carbocycles. The summed E-state index contributed by atoms with van der Waals surface area (Å²) in [5.41, 5.74) is 6.02. The fourth-order valence-corrected chi connectivity index (χ4v) is 0.103. The topological polar surface area (TPSA) is 93.6 Å². The second-order valence-corrected chi connectivity index (χ2v) is 0.777. The monoisotopic (exact) mass is 137 g/mol. The van der Waals surface area contributed by atoms with Crippen molar-refractivity contribution < 1.29 is 9.49 Å². The molecule has 0 aromatic rings. The number of nitrogens with zero attached hydrogens (tertiary/aromatic N) is 4. The van der Waals surface area contributed by atoms with Gasteiger partial charge in [-0.15, -0.1) is 0 Å². The van der Waals surface area contributed by atoms with Crippen LogP contribution in [0.3, 0.4) is 0 Å². The maximum absolute atomic E-state index is 8.12. The third kappa shape index (κ3) is 3.46. The van der Waals surface area contributed by atoms with Gasteiger partial charge in [0.05, 0.1) is 0 Å². The van der Waals surface area contributed by atoms with Crippen molar-refractivity contribution in [3.63, 3.8) is 0 Å². The summed E-state index contributed by atoms with van der Waals surface area (Å²) in [5.74, 6) is 0. The van der Waals surface area contributed by atoms with Crippen LogP contribution in [0.2, 0.25) is 0 Å². The molecule has 0 atom stereocenters. The zero-order valence-electron chi connectivity index (χ0n) is 3.59. The highest BCUT2D eigenvalue weighted by atomic mass is 32.1. The molecule has 0 rings (SSSR count). The van der Waals surface area contributed by atoms with E-state index in [1.165, 1.54) is 0 Å². The standard InChI is InChI=1S/H3N5O2S/c1-2-3-4-5(6)7-8/h1,6,8H/b2-1?,4-3+. The second-order valence-electron chi connectivity index (χ2n) is 0.613. The van der Waals surface area contributed by atoms with E-state index in [4.69, 9.17) is 10.7 Å². The van der Waals surface area contributed by atoms with Crippen LogP contribution in [0.25, 0.3) is 0 Å². The van der Waals surface area contributed by atoms with E-state index in [-0.39, 0.29) is 5.34 Å². The van der Waals surface area contributed by atoms with E-state index < -0.39 is 0 Å². The van der Waals surface area contributed by atoms with Crippen molar-refractivity contribution in [3.8, 4) is 0 Å². The normalized spacial score (nSPS) is 9.75. The zero-order chi connectivity index (χ0) is 6.41. The lowest BCUT2D eigenvalue weighted by atomic mass is 12.4. The fraction of sp³-hybridized carbons (Fsp3) is 0. The van der Waals surface area contributed by atoms with E-state index in [0.717, 1.165) is 0 Å². The smallest absolute Gasteiger partial charge is 0.0113 e. The minimum atomic E-state index is -0.0544. The van der Waals surface area contributed by atoms with Crippen LogP contribution in [0.5, 0.6) is 0 Å². The predicted octanol–water partition coefficient (Wildman–Crippen LogP) is 0.767. The third-order valence-electron chi connectivity index (χ3n) is 0.234. The minimum Gasteiger partial charge on any atom is -0.245 e. The maximum Gasteiger partial charge on any atom is 0.0113 e. The van der Waals surface area contributed by atoms with Gasteiger partial charge in [-0.25, -0.2) is 5.21 Å². The summed E-state index contributed by atoms with van der Waals surface area (Å²) in [5, 5.41) is 15.9. The summed E-state index contributed by atoms with van der Waals surface area (Å²) in [6.07, 6.45) is 0. The molecule has 0 fully saturated rings. The number of thiol groups is 1. The first-order valence-electron chi connectivity index (χ1n) is 1.39. The molecule has 0 saturated carbocycles. The Morgan fingerprint density at radius 3 is 2.75 bits per heavy atom. The number of nitrogens with one attached hydrogen (secondary N) is 1. The first-order chi connectivity index (χ1) is 3.81. The molecule has 0 aromatic heterocycles. The summed E-state index contributed by atoms with van der Waals surface area (Å²) >= 11 is 3.11. The minimum absolute atomic E-state index is 0.0544. The number of hydrogen-bond donors (Lipinski definition) is 3. The molecule has 0 saturated heterocycles. The van der Waals surface area contributed by atoms with E-state index in [1.807, 2.05) is 0 Å². The maximum atomic E-state index is 8.12. The Hall–Kier alpha value is -0.730. The Balaban J connectivity index is 3.35. The van der Waals surface area contributed by atoms with Crippen molar-refractivity contribution in [1.82, 2.24) is 5.34 Å². The zero-order valence-corrected chi connectivity index (χ0v) is 4.49. The molecule has 0 aliphatic rings. The van der Waals surface area contributed by atoms with Gasteiger partial charge in [-0.1, -0.05) is 0 Å². The average Bonchev–Trinajstić information content (AvgIpc) is 1.83. The van der Waals surface area contributed by atoms with E-state index in [2.05, 4.69) is 32.9 Å². The Bertz CT molecular complexity index is 90.4. The third-order valence-corrected chi connectivity index (χ3v) is 0.380. The first kappa shape index (κ1) is 7.27. The first-order valence-corrected chi connectivity index (χ1v) is 1.75. The van der Waals surface area contributed by atoms with Crippen LogP contribution < -0.4 is 0 Å². The molecule has 0 bridgehead atoms. The molecule has 0 amide bonds. The number of hydrogen-bond acceptors (Lipinski definition) is 5. The summed E-state index contributed by atoms with van der Waals surface area (Å²) in [4.78, 5) is 0. The van der Waals surface area contributed by atoms with E-state index in [1.54, 1.807) is 0 Å².